The number of amides is 1. The zero-order valence-electron chi connectivity index (χ0n) is 13.1. The first-order chi connectivity index (χ1) is 8.95. The molecule has 0 fully saturated rings. The molecule has 1 amide bonds. The third kappa shape index (κ3) is 12.2. The summed E-state index contributed by atoms with van der Waals surface area (Å²) in [6.45, 7) is 11.4. The number of hydrogen-bond donors (Lipinski definition) is 2. The summed E-state index contributed by atoms with van der Waals surface area (Å²) in [6, 6.07) is 0. The van der Waals surface area contributed by atoms with Crippen LogP contribution in [0.25, 0.3) is 0 Å². The molecular weight excluding hydrogens is 240 g/mol. The quantitative estimate of drug-likeness (QED) is 0.567. The Balaban J connectivity index is 3.57. The van der Waals surface area contributed by atoms with Gasteiger partial charge in [0.05, 0.1) is 0 Å². The largest absolute Gasteiger partial charge is 0.381 e. The SMILES string of the molecule is CC(C)COCCCNC(=O)CC(CN)CC(C)C. The van der Waals surface area contributed by atoms with E-state index >= 15 is 0 Å². The van der Waals surface area contributed by atoms with Gasteiger partial charge in [0.1, 0.15) is 0 Å². The van der Waals surface area contributed by atoms with Gasteiger partial charge in [-0.25, -0.2) is 0 Å². The van der Waals surface area contributed by atoms with Crippen LogP contribution in [0.3, 0.4) is 0 Å². The number of nitrogens with two attached hydrogens (primary N) is 1. The summed E-state index contributed by atoms with van der Waals surface area (Å²) in [6.07, 6.45) is 2.43. The molecule has 0 aromatic rings. The first-order valence-electron chi connectivity index (χ1n) is 7.50. The zero-order chi connectivity index (χ0) is 14.7. The van der Waals surface area contributed by atoms with Gasteiger partial charge in [-0.3, -0.25) is 4.79 Å². The first-order valence-corrected chi connectivity index (χ1v) is 7.50. The lowest BCUT2D eigenvalue weighted by Gasteiger charge is -2.16. The van der Waals surface area contributed by atoms with Crippen LogP contribution < -0.4 is 11.1 Å². The summed E-state index contributed by atoms with van der Waals surface area (Å²) < 4.78 is 5.46. The van der Waals surface area contributed by atoms with Gasteiger partial charge in [-0.1, -0.05) is 27.7 Å². The van der Waals surface area contributed by atoms with Crippen molar-refractivity contribution in [3.63, 3.8) is 0 Å². The maximum absolute atomic E-state index is 11.7. The van der Waals surface area contributed by atoms with Crippen molar-refractivity contribution in [2.45, 2.75) is 47.0 Å². The maximum Gasteiger partial charge on any atom is 0.220 e. The molecule has 0 aliphatic carbocycles. The Bertz CT molecular complexity index is 230. The van der Waals surface area contributed by atoms with E-state index in [9.17, 15) is 4.79 Å². The summed E-state index contributed by atoms with van der Waals surface area (Å²) in [7, 11) is 0. The molecule has 114 valence electrons. The van der Waals surface area contributed by atoms with E-state index in [4.69, 9.17) is 10.5 Å². The average molecular weight is 272 g/mol. The molecule has 0 bridgehead atoms. The molecule has 0 heterocycles. The van der Waals surface area contributed by atoms with E-state index in [1.165, 1.54) is 0 Å². The fourth-order valence-corrected chi connectivity index (χ4v) is 1.98. The average Bonchev–Trinajstić information content (AvgIpc) is 2.31. The summed E-state index contributed by atoms with van der Waals surface area (Å²) in [5.41, 5.74) is 5.69. The van der Waals surface area contributed by atoms with Gasteiger partial charge in [-0.2, -0.15) is 0 Å². The molecule has 0 saturated carbocycles. The normalized spacial score (nSPS) is 13.0. The van der Waals surface area contributed by atoms with Crippen molar-refractivity contribution in [2.24, 2.45) is 23.5 Å². The minimum Gasteiger partial charge on any atom is -0.381 e. The van der Waals surface area contributed by atoms with E-state index < -0.39 is 0 Å². The monoisotopic (exact) mass is 272 g/mol. The Hall–Kier alpha value is -0.610. The molecule has 0 saturated heterocycles. The summed E-state index contributed by atoms with van der Waals surface area (Å²) >= 11 is 0. The van der Waals surface area contributed by atoms with Gasteiger partial charge in [-0.15, -0.1) is 0 Å². The minimum atomic E-state index is 0.111. The molecule has 1 atom stereocenters. The summed E-state index contributed by atoms with van der Waals surface area (Å²) in [5.74, 6) is 1.57. The minimum absolute atomic E-state index is 0.111. The van der Waals surface area contributed by atoms with E-state index in [-0.39, 0.29) is 5.91 Å². The number of rotatable bonds is 11. The van der Waals surface area contributed by atoms with Crippen molar-refractivity contribution in [3.05, 3.63) is 0 Å². The summed E-state index contributed by atoms with van der Waals surface area (Å²) in [5, 5.41) is 2.93. The van der Waals surface area contributed by atoms with Gasteiger partial charge in [0, 0.05) is 26.2 Å². The molecule has 3 N–H and O–H groups in total. The Morgan fingerprint density at radius 2 is 1.89 bits per heavy atom. The standard InChI is InChI=1S/C15H32N2O2/c1-12(2)8-14(10-16)9-15(18)17-6-5-7-19-11-13(3)4/h12-14H,5-11,16H2,1-4H3,(H,17,18). The second-order valence-corrected chi connectivity index (χ2v) is 6.11. The number of nitrogens with one attached hydrogen (secondary N) is 1. The Morgan fingerprint density at radius 3 is 2.42 bits per heavy atom. The van der Waals surface area contributed by atoms with Crippen LogP contribution in [0, 0.1) is 17.8 Å². The van der Waals surface area contributed by atoms with Crippen LogP contribution in [0.5, 0.6) is 0 Å². The van der Waals surface area contributed by atoms with E-state index in [1.807, 2.05) is 0 Å². The molecule has 19 heavy (non-hydrogen) atoms. The Labute approximate surface area is 118 Å². The maximum atomic E-state index is 11.7. The third-order valence-corrected chi connectivity index (χ3v) is 2.85. The molecule has 0 aliphatic rings. The zero-order valence-corrected chi connectivity index (χ0v) is 13.1. The molecular formula is C15H32N2O2. The van der Waals surface area contributed by atoms with Gasteiger partial charge in [0.15, 0.2) is 0 Å². The van der Waals surface area contributed by atoms with Gasteiger partial charge in [-0.05, 0) is 37.1 Å². The molecule has 4 nitrogen and oxygen atoms in total. The highest BCUT2D eigenvalue weighted by molar-refractivity contribution is 5.76. The molecule has 0 radical (unpaired) electrons. The highest BCUT2D eigenvalue weighted by Crippen LogP contribution is 2.13. The van der Waals surface area contributed by atoms with E-state index in [1.54, 1.807) is 0 Å². The van der Waals surface area contributed by atoms with Gasteiger partial charge >= 0.3 is 0 Å². The van der Waals surface area contributed by atoms with Crippen LogP contribution in [0.2, 0.25) is 0 Å². The van der Waals surface area contributed by atoms with Crippen LogP contribution >= 0.6 is 0 Å². The van der Waals surface area contributed by atoms with Crippen molar-refractivity contribution in [1.82, 2.24) is 5.32 Å². The van der Waals surface area contributed by atoms with Gasteiger partial charge in [0.25, 0.3) is 0 Å². The van der Waals surface area contributed by atoms with Crippen LogP contribution in [0.15, 0.2) is 0 Å². The predicted octanol–water partition coefficient (Wildman–Crippen LogP) is 2.18. The lowest BCUT2D eigenvalue weighted by Crippen LogP contribution is -2.30. The second kappa shape index (κ2) is 11.2. The van der Waals surface area contributed by atoms with Crippen molar-refractivity contribution >= 4 is 5.91 Å². The molecule has 0 aromatic carbocycles. The number of carbonyl (C=O) groups excluding carboxylic acids is 1. The molecule has 0 aliphatic heterocycles. The van der Waals surface area contributed by atoms with E-state index in [0.29, 0.717) is 43.9 Å². The smallest absolute Gasteiger partial charge is 0.220 e. The van der Waals surface area contributed by atoms with E-state index in [0.717, 1.165) is 19.4 Å². The molecule has 0 aromatic heterocycles. The van der Waals surface area contributed by atoms with E-state index in [2.05, 4.69) is 33.0 Å². The fourth-order valence-electron chi connectivity index (χ4n) is 1.98. The predicted molar refractivity (Wildman–Crippen MR) is 79.9 cm³/mol. The van der Waals surface area contributed by atoms with Crippen molar-refractivity contribution in [1.29, 1.82) is 0 Å². The Kier molecular flexibility index (Phi) is 10.9. The van der Waals surface area contributed by atoms with Crippen LogP contribution in [0.4, 0.5) is 0 Å². The molecule has 1 unspecified atom stereocenters. The lowest BCUT2D eigenvalue weighted by atomic mass is 9.94. The highest BCUT2D eigenvalue weighted by Gasteiger charge is 2.13. The van der Waals surface area contributed by atoms with Gasteiger partial charge < -0.3 is 15.8 Å². The second-order valence-electron chi connectivity index (χ2n) is 6.11. The van der Waals surface area contributed by atoms with Crippen LogP contribution in [-0.2, 0) is 9.53 Å². The molecule has 4 heteroatoms. The van der Waals surface area contributed by atoms with Gasteiger partial charge in [0.2, 0.25) is 5.91 Å². The fraction of sp³-hybridized carbons (Fsp3) is 0.933. The first kappa shape index (κ1) is 18.4. The number of ether oxygens (including phenoxy) is 1. The molecule has 0 spiro atoms. The number of carbonyl (C=O) groups is 1. The van der Waals surface area contributed by atoms with Crippen molar-refractivity contribution in [2.75, 3.05) is 26.3 Å². The summed E-state index contributed by atoms with van der Waals surface area (Å²) in [4.78, 5) is 11.7. The van der Waals surface area contributed by atoms with Crippen LogP contribution in [0.1, 0.15) is 47.0 Å². The van der Waals surface area contributed by atoms with Crippen molar-refractivity contribution < 1.29 is 9.53 Å². The Morgan fingerprint density at radius 1 is 1.21 bits per heavy atom. The van der Waals surface area contributed by atoms with Crippen LogP contribution in [-0.4, -0.2) is 32.2 Å². The highest BCUT2D eigenvalue weighted by atomic mass is 16.5. The lowest BCUT2D eigenvalue weighted by molar-refractivity contribution is -0.122. The molecule has 0 rings (SSSR count). The number of hydrogen-bond acceptors (Lipinski definition) is 3. The topological polar surface area (TPSA) is 64.3 Å². The third-order valence-electron chi connectivity index (χ3n) is 2.85. The van der Waals surface area contributed by atoms with Crippen molar-refractivity contribution in [3.8, 4) is 0 Å².